The lowest BCUT2D eigenvalue weighted by atomic mass is 10.1. The number of imide groups is 1. The first-order chi connectivity index (χ1) is 19.8. The summed E-state index contributed by atoms with van der Waals surface area (Å²) in [6.07, 6.45) is 3.13. The van der Waals surface area contributed by atoms with Crippen molar-refractivity contribution in [2.24, 2.45) is 0 Å². The lowest BCUT2D eigenvalue weighted by molar-refractivity contribution is -0.121. The van der Waals surface area contributed by atoms with E-state index in [0.717, 1.165) is 32.7 Å². The van der Waals surface area contributed by atoms with Crippen molar-refractivity contribution in [3.05, 3.63) is 106 Å². The van der Waals surface area contributed by atoms with Crippen LogP contribution in [-0.4, -0.2) is 63.1 Å². The van der Waals surface area contributed by atoms with Crippen LogP contribution in [0.5, 0.6) is 0 Å². The van der Waals surface area contributed by atoms with E-state index in [2.05, 4.69) is 21.9 Å². The molecular weight excluding hydrogens is 597 g/mol. The van der Waals surface area contributed by atoms with Crippen LogP contribution >= 0.6 is 47.2 Å². The van der Waals surface area contributed by atoms with Gasteiger partial charge in [-0.05, 0) is 59.7 Å². The van der Waals surface area contributed by atoms with Gasteiger partial charge in [0.1, 0.15) is 9.57 Å². The Kier molecular flexibility index (Phi) is 9.57. The van der Waals surface area contributed by atoms with Crippen molar-refractivity contribution in [2.45, 2.75) is 18.2 Å². The van der Waals surface area contributed by atoms with Gasteiger partial charge in [0, 0.05) is 54.8 Å². The highest BCUT2D eigenvalue weighted by Gasteiger charge is 2.41. The van der Waals surface area contributed by atoms with Crippen molar-refractivity contribution < 1.29 is 14.4 Å². The predicted octanol–water partition coefficient (Wildman–Crippen LogP) is 6.36. The maximum absolute atomic E-state index is 13.2. The summed E-state index contributed by atoms with van der Waals surface area (Å²) < 4.78 is 0.644. The first-order valence-electron chi connectivity index (χ1n) is 13.1. The van der Waals surface area contributed by atoms with Crippen LogP contribution in [0.3, 0.4) is 0 Å². The number of hydrogen-bond donors (Lipinski definition) is 0. The Morgan fingerprint density at radius 1 is 0.951 bits per heavy atom. The van der Waals surface area contributed by atoms with Gasteiger partial charge in [-0.1, -0.05) is 83.6 Å². The van der Waals surface area contributed by atoms with Gasteiger partial charge in [0.25, 0.3) is 0 Å². The van der Waals surface area contributed by atoms with E-state index in [1.54, 1.807) is 48.5 Å². The molecule has 2 fully saturated rings. The van der Waals surface area contributed by atoms with E-state index in [1.807, 2.05) is 18.2 Å². The lowest BCUT2D eigenvalue weighted by Crippen LogP contribution is -2.47. The molecular formula is C31H27Cl2N3O3S2. The number of piperazine rings is 1. The molecule has 10 heteroatoms. The van der Waals surface area contributed by atoms with E-state index < -0.39 is 5.25 Å². The van der Waals surface area contributed by atoms with Gasteiger partial charge < -0.3 is 4.90 Å². The number of thioether (sulfide) groups is 1. The summed E-state index contributed by atoms with van der Waals surface area (Å²) >= 11 is 19.1. The zero-order valence-electron chi connectivity index (χ0n) is 22.0. The molecule has 41 heavy (non-hydrogen) atoms. The number of ketones is 1. The summed E-state index contributed by atoms with van der Waals surface area (Å²) in [6, 6.07) is 21.8. The Bertz CT molecular complexity index is 1490. The maximum Gasteiger partial charge on any atom is 0.247 e. The second kappa shape index (κ2) is 13.3. The van der Waals surface area contributed by atoms with Gasteiger partial charge in [0.15, 0.2) is 5.78 Å². The average molecular weight is 625 g/mol. The molecule has 3 aromatic carbocycles. The van der Waals surface area contributed by atoms with Gasteiger partial charge in [-0.15, -0.1) is 0 Å². The lowest BCUT2D eigenvalue weighted by Gasteiger charge is -2.36. The van der Waals surface area contributed by atoms with E-state index in [0.29, 0.717) is 31.2 Å². The molecule has 1 atom stereocenters. The minimum Gasteiger partial charge on any atom is -0.355 e. The fourth-order valence-electron chi connectivity index (χ4n) is 4.77. The number of thiocarbonyl (C=S) groups is 1. The Hall–Kier alpha value is -3.01. The van der Waals surface area contributed by atoms with E-state index >= 15 is 0 Å². The molecule has 6 nitrogen and oxygen atoms in total. The SMILES string of the molecule is O=C(C=Cc1ccc(Cl)cc1Cl)c1ccc(N2C(=O)CC(SC(=S)N3CCN(Cc4ccccc4)CC3)C2=O)cc1. The van der Waals surface area contributed by atoms with Crippen LogP contribution in [0.25, 0.3) is 6.08 Å². The van der Waals surface area contributed by atoms with E-state index in [4.69, 9.17) is 35.4 Å². The Morgan fingerprint density at radius 2 is 1.66 bits per heavy atom. The number of rotatable bonds is 7. The molecule has 0 N–H and O–H groups in total. The summed E-state index contributed by atoms with van der Waals surface area (Å²) in [6.45, 7) is 4.23. The first kappa shape index (κ1) is 29.5. The fraction of sp³-hybridized carbons (Fsp3) is 0.226. The Morgan fingerprint density at radius 3 is 2.34 bits per heavy atom. The van der Waals surface area contributed by atoms with E-state index in [9.17, 15) is 14.4 Å². The minimum absolute atomic E-state index is 0.0862. The molecule has 0 spiro atoms. The fourth-order valence-corrected chi connectivity index (χ4v) is 6.78. The molecule has 0 radical (unpaired) electrons. The molecule has 0 aliphatic carbocycles. The third-order valence-corrected chi connectivity index (χ3v) is 9.24. The smallest absolute Gasteiger partial charge is 0.247 e. The summed E-state index contributed by atoms with van der Waals surface area (Å²) in [5.74, 6) is -0.801. The Balaban J connectivity index is 1.15. The highest BCUT2D eigenvalue weighted by Crippen LogP contribution is 2.32. The predicted molar refractivity (Wildman–Crippen MR) is 171 cm³/mol. The first-order valence-corrected chi connectivity index (χ1v) is 15.2. The molecule has 5 rings (SSSR count). The Labute approximate surface area is 258 Å². The van der Waals surface area contributed by atoms with Crippen LogP contribution in [-0.2, 0) is 16.1 Å². The number of allylic oxidation sites excluding steroid dienone is 1. The molecule has 1 unspecified atom stereocenters. The topological polar surface area (TPSA) is 60.9 Å². The summed E-state index contributed by atoms with van der Waals surface area (Å²) in [5, 5.41) is 0.394. The average Bonchev–Trinajstić information content (AvgIpc) is 3.25. The van der Waals surface area contributed by atoms with Crippen LogP contribution in [0.4, 0.5) is 5.69 Å². The van der Waals surface area contributed by atoms with Crippen LogP contribution in [0.2, 0.25) is 10.0 Å². The number of carbonyl (C=O) groups excluding carboxylic acids is 3. The van der Waals surface area contributed by atoms with Gasteiger partial charge >= 0.3 is 0 Å². The molecule has 210 valence electrons. The molecule has 2 aliphatic heterocycles. The van der Waals surface area contributed by atoms with Crippen LogP contribution in [0.1, 0.15) is 27.9 Å². The van der Waals surface area contributed by atoms with Gasteiger partial charge in [-0.25, -0.2) is 4.90 Å². The molecule has 2 aliphatic rings. The molecule has 3 aromatic rings. The van der Waals surface area contributed by atoms with Crippen molar-refractivity contribution in [1.29, 1.82) is 0 Å². The second-order valence-corrected chi connectivity index (χ2v) is 12.5. The number of benzene rings is 3. The van der Waals surface area contributed by atoms with Gasteiger partial charge in [-0.3, -0.25) is 19.3 Å². The number of halogens is 2. The highest BCUT2D eigenvalue weighted by molar-refractivity contribution is 8.23. The molecule has 2 saturated heterocycles. The third kappa shape index (κ3) is 7.26. The van der Waals surface area contributed by atoms with Crippen molar-refractivity contribution in [1.82, 2.24) is 9.80 Å². The molecule has 0 bridgehead atoms. The van der Waals surface area contributed by atoms with Gasteiger partial charge in [0.05, 0.1) is 5.69 Å². The van der Waals surface area contributed by atoms with Crippen LogP contribution < -0.4 is 4.90 Å². The van der Waals surface area contributed by atoms with Crippen molar-refractivity contribution in [3.63, 3.8) is 0 Å². The van der Waals surface area contributed by atoms with Crippen LogP contribution in [0, 0.1) is 0 Å². The molecule has 2 heterocycles. The molecule has 0 aromatic heterocycles. The summed E-state index contributed by atoms with van der Waals surface area (Å²) in [4.78, 5) is 44.4. The molecule has 0 saturated carbocycles. The standard InChI is InChI=1S/C31H27Cl2N3O3S2/c32-24-10-6-22(26(33)18-24)9-13-27(37)23-7-11-25(12-8-23)36-29(38)19-28(30(36)39)41-31(40)35-16-14-34(15-17-35)20-21-4-2-1-3-5-21/h1-13,18,28H,14-17,19-20H2. The van der Waals surface area contributed by atoms with E-state index in [-0.39, 0.29) is 24.0 Å². The normalized spacial score (nSPS) is 18.0. The van der Waals surface area contributed by atoms with Gasteiger partial charge in [0.2, 0.25) is 11.8 Å². The second-order valence-electron chi connectivity index (χ2n) is 9.80. The van der Waals surface area contributed by atoms with Crippen LogP contribution in [0.15, 0.2) is 78.9 Å². The number of hydrogen-bond acceptors (Lipinski definition) is 6. The zero-order chi connectivity index (χ0) is 28.9. The summed E-state index contributed by atoms with van der Waals surface area (Å²) in [7, 11) is 0. The quantitative estimate of drug-likeness (QED) is 0.131. The maximum atomic E-state index is 13.2. The number of carbonyl (C=O) groups is 3. The number of nitrogens with zero attached hydrogens (tertiary/aromatic N) is 3. The monoisotopic (exact) mass is 623 g/mol. The van der Waals surface area contributed by atoms with Crippen molar-refractivity contribution in [2.75, 3.05) is 31.1 Å². The number of amides is 2. The van der Waals surface area contributed by atoms with E-state index in [1.165, 1.54) is 28.3 Å². The van der Waals surface area contributed by atoms with Crippen molar-refractivity contribution >= 4 is 80.9 Å². The highest BCUT2D eigenvalue weighted by atomic mass is 35.5. The summed E-state index contributed by atoms with van der Waals surface area (Å²) in [5.41, 5.74) is 2.81. The zero-order valence-corrected chi connectivity index (χ0v) is 25.2. The minimum atomic E-state index is -0.564. The number of anilines is 1. The largest absolute Gasteiger partial charge is 0.355 e. The molecule has 2 amide bonds. The third-order valence-electron chi connectivity index (χ3n) is 7.01. The van der Waals surface area contributed by atoms with Crippen molar-refractivity contribution in [3.8, 4) is 0 Å². The van der Waals surface area contributed by atoms with Gasteiger partial charge in [-0.2, -0.15) is 0 Å².